The van der Waals surface area contributed by atoms with Gasteiger partial charge < -0.3 is 0 Å². The number of amides is 2. The third-order valence-electron chi connectivity index (χ3n) is 4.46. The van der Waals surface area contributed by atoms with Crippen molar-refractivity contribution < 1.29 is 27.2 Å². The quantitative estimate of drug-likeness (QED) is 0.378. The Bertz CT molecular complexity index is 890. The van der Waals surface area contributed by atoms with Crippen LogP contribution in [0.2, 0.25) is 0 Å². The molecule has 30 heavy (non-hydrogen) atoms. The van der Waals surface area contributed by atoms with Gasteiger partial charge in [-0.15, -0.1) is 0 Å². The van der Waals surface area contributed by atoms with E-state index in [1.165, 1.54) is 13.8 Å². The van der Waals surface area contributed by atoms with Crippen LogP contribution in [0.3, 0.4) is 0 Å². The smallest absolute Gasteiger partial charge is 0.229 e. The Hall–Kier alpha value is -3.23. The number of hydrogen-bond donors (Lipinski definition) is 3. The monoisotopic (exact) mass is 423 g/mol. The molecule has 0 saturated heterocycles. The molecular weight excluding hydrogens is 402 g/mol. The summed E-state index contributed by atoms with van der Waals surface area (Å²) in [5.41, 5.74) is 0.0258. The number of hydrogen-bond acceptors (Lipinski definition) is 3. The molecule has 0 saturated carbocycles. The summed E-state index contributed by atoms with van der Waals surface area (Å²) in [6, 6.07) is 5.82. The van der Waals surface area contributed by atoms with E-state index in [-0.39, 0.29) is 24.0 Å². The highest BCUT2D eigenvalue weighted by Gasteiger charge is 2.21. The van der Waals surface area contributed by atoms with Gasteiger partial charge in [0, 0.05) is 11.8 Å². The predicted octanol–water partition coefficient (Wildman–Crippen LogP) is 3.47. The SMILES string of the molecule is CC(Cc1cc(F)ccc1F)C(=O)NC(=N)NC(=O)C(C)Cc1cc(F)ccc1F. The first-order chi connectivity index (χ1) is 14.1. The molecule has 0 aromatic heterocycles. The Kier molecular flexibility index (Phi) is 7.68. The van der Waals surface area contributed by atoms with E-state index in [0.717, 1.165) is 36.4 Å². The molecule has 160 valence electrons. The summed E-state index contributed by atoms with van der Waals surface area (Å²) in [5, 5.41) is 12.0. The molecule has 2 amide bonds. The van der Waals surface area contributed by atoms with Crippen molar-refractivity contribution >= 4 is 17.8 Å². The van der Waals surface area contributed by atoms with Crippen LogP contribution in [0.5, 0.6) is 0 Å². The molecule has 5 nitrogen and oxygen atoms in total. The van der Waals surface area contributed by atoms with Crippen molar-refractivity contribution in [2.45, 2.75) is 26.7 Å². The largest absolute Gasteiger partial charge is 0.296 e. The van der Waals surface area contributed by atoms with Crippen molar-refractivity contribution in [3.05, 3.63) is 70.8 Å². The first-order valence-electron chi connectivity index (χ1n) is 9.15. The van der Waals surface area contributed by atoms with Crippen LogP contribution in [0.25, 0.3) is 0 Å². The van der Waals surface area contributed by atoms with Crippen LogP contribution in [-0.2, 0) is 22.4 Å². The van der Waals surface area contributed by atoms with Crippen LogP contribution < -0.4 is 10.6 Å². The second kappa shape index (κ2) is 10.00. The summed E-state index contributed by atoms with van der Waals surface area (Å²) in [7, 11) is 0. The number of nitrogens with one attached hydrogen (secondary N) is 3. The van der Waals surface area contributed by atoms with Gasteiger partial charge in [0.05, 0.1) is 0 Å². The van der Waals surface area contributed by atoms with E-state index in [2.05, 4.69) is 10.6 Å². The lowest BCUT2D eigenvalue weighted by molar-refractivity contribution is -0.123. The maximum absolute atomic E-state index is 13.7. The number of halogens is 4. The van der Waals surface area contributed by atoms with E-state index < -0.39 is 52.9 Å². The predicted molar refractivity (Wildman–Crippen MR) is 102 cm³/mol. The summed E-state index contributed by atoms with van der Waals surface area (Å²) in [6.07, 6.45) is -0.211. The number of rotatable bonds is 6. The Labute approximate surface area is 171 Å². The minimum absolute atomic E-state index is 0.0129. The van der Waals surface area contributed by atoms with Crippen LogP contribution in [0.4, 0.5) is 17.6 Å². The minimum atomic E-state index is -0.808. The first kappa shape index (κ1) is 23.1. The molecule has 0 bridgehead atoms. The van der Waals surface area contributed by atoms with E-state index in [1.807, 2.05) is 0 Å². The number of guanidine groups is 1. The third kappa shape index (κ3) is 6.40. The van der Waals surface area contributed by atoms with Crippen LogP contribution in [0, 0.1) is 40.5 Å². The van der Waals surface area contributed by atoms with Crippen molar-refractivity contribution in [1.29, 1.82) is 5.41 Å². The summed E-state index contributed by atoms with van der Waals surface area (Å²) >= 11 is 0. The highest BCUT2D eigenvalue weighted by atomic mass is 19.1. The molecule has 0 fully saturated rings. The highest BCUT2D eigenvalue weighted by Crippen LogP contribution is 2.16. The van der Waals surface area contributed by atoms with E-state index in [4.69, 9.17) is 5.41 Å². The van der Waals surface area contributed by atoms with Gasteiger partial charge in [-0.1, -0.05) is 13.8 Å². The van der Waals surface area contributed by atoms with Gasteiger partial charge in [-0.05, 0) is 60.4 Å². The standard InChI is InChI=1S/C21H21F4N3O2/c1-11(7-13-9-15(22)3-5-17(13)24)19(29)27-21(26)28-20(30)12(2)8-14-10-16(23)4-6-18(14)25/h3-6,9-12H,7-8H2,1-2H3,(H3,26,27,28,29,30). The Balaban J connectivity index is 1.89. The Morgan fingerprint density at radius 2 is 1.17 bits per heavy atom. The Morgan fingerprint density at radius 1 is 0.800 bits per heavy atom. The summed E-state index contributed by atoms with van der Waals surface area (Å²) < 4.78 is 53.9. The van der Waals surface area contributed by atoms with Gasteiger partial charge >= 0.3 is 0 Å². The summed E-state index contributed by atoms with van der Waals surface area (Å²) in [5.74, 6) is -6.15. The molecule has 2 aromatic carbocycles. The average molecular weight is 423 g/mol. The fourth-order valence-corrected chi connectivity index (χ4v) is 2.77. The third-order valence-corrected chi connectivity index (χ3v) is 4.46. The van der Waals surface area contributed by atoms with E-state index in [9.17, 15) is 27.2 Å². The first-order valence-corrected chi connectivity index (χ1v) is 9.15. The second-order valence-electron chi connectivity index (χ2n) is 7.04. The van der Waals surface area contributed by atoms with Crippen LogP contribution in [0.1, 0.15) is 25.0 Å². The van der Waals surface area contributed by atoms with E-state index in [0.29, 0.717) is 0 Å². The lowest BCUT2D eigenvalue weighted by atomic mass is 9.99. The fourth-order valence-electron chi connectivity index (χ4n) is 2.77. The van der Waals surface area contributed by atoms with Gasteiger partial charge in [0.2, 0.25) is 17.8 Å². The summed E-state index contributed by atoms with van der Waals surface area (Å²) in [4.78, 5) is 24.3. The molecule has 3 N–H and O–H groups in total. The molecule has 0 heterocycles. The molecule has 0 aliphatic rings. The van der Waals surface area contributed by atoms with Crippen molar-refractivity contribution in [2.24, 2.45) is 11.8 Å². The van der Waals surface area contributed by atoms with Crippen molar-refractivity contribution in [1.82, 2.24) is 10.6 Å². The highest BCUT2D eigenvalue weighted by molar-refractivity contribution is 6.04. The molecule has 2 unspecified atom stereocenters. The topological polar surface area (TPSA) is 82.1 Å². The molecule has 0 spiro atoms. The zero-order chi connectivity index (χ0) is 22.4. The van der Waals surface area contributed by atoms with Gasteiger partial charge in [0.25, 0.3) is 0 Å². The van der Waals surface area contributed by atoms with Crippen molar-refractivity contribution in [2.75, 3.05) is 0 Å². The zero-order valence-electron chi connectivity index (χ0n) is 16.4. The zero-order valence-corrected chi connectivity index (χ0v) is 16.4. The molecule has 0 aliphatic heterocycles. The van der Waals surface area contributed by atoms with Crippen molar-refractivity contribution in [3.63, 3.8) is 0 Å². The number of carbonyl (C=O) groups excluding carboxylic acids is 2. The molecular formula is C21H21F4N3O2. The minimum Gasteiger partial charge on any atom is -0.296 e. The van der Waals surface area contributed by atoms with Crippen LogP contribution >= 0.6 is 0 Å². The average Bonchev–Trinajstić information content (AvgIpc) is 2.67. The number of carbonyl (C=O) groups is 2. The van der Waals surface area contributed by atoms with Gasteiger partial charge in [-0.25, -0.2) is 17.6 Å². The van der Waals surface area contributed by atoms with E-state index >= 15 is 0 Å². The van der Waals surface area contributed by atoms with Crippen molar-refractivity contribution in [3.8, 4) is 0 Å². The van der Waals surface area contributed by atoms with Gasteiger partial charge in [-0.2, -0.15) is 0 Å². The lowest BCUT2D eigenvalue weighted by Gasteiger charge is -2.16. The van der Waals surface area contributed by atoms with Crippen LogP contribution in [-0.4, -0.2) is 17.8 Å². The maximum Gasteiger partial charge on any atom is 0.229 e. The van der Waals surface area contributed by atoms with Gasteiger partial charge in [0.15, 0.2) is 0 Å². The van der Waals surface area contributed by atoms with Crippen LogP contribution in [0.15, 0.2) is 36.4 Å². The van der Waals surface area contributed by atoms with E-state index in [1.54, 1.807) is 0 Å². The summed E-state index contributed by atoms with van der Waals surface area (Å²) in [6.45, 7) is 2.92. The van der Waals surface area contributed by atoms with Gasteiger partial charge in [-0.3, -0.25) is 25.6 Å². The maximum atomic E-state index is 13.7. The molecule has 0 aliphatic carbocycles. The molecule has 2 aromatic rings. The second-order valence-corrected chi connectivity index (χ2v) is 7.04. The molecule has 2 atom stereocenters. The number of benzene rings is 2. The molecule has 0 radical (unpaired) electrons. The molecule has 2 rings (SSSR count). The fraction of sp³-hybridized carbons (Fsp3) is 0.286. The molecule has 9 heteroatoms. The Morgan fingerprint density at radius 3 is 1.53 bits per heavy atom. The normalized spacial score (nSPS) is 12.7. The van der Waals surface area contributed by atoms with Gasteiger partial charge in [0.1, 0.15) is 23.3 Å². The lowest BCUT2D eigenvalue weighted by Crippen LogP contribution is -2.46.